The summed E-state index contributed by atoms with van der Waals surface area (Å²) >= 11 is 1.50. The highest BCUT2D eigenvalue weighted by atomic mass is 32.2. The molecule has 2 aromatic carbocycles. The van der Waals surface area contributed by atoms with Gasteiger partial charge in [-0.3, -0.25) is 4.79 Å². The van der Waals surface area contributed by atoms with Gasteiger partial charge in [-0.2, -0.15) is 5.10 Å². The Morgan fingerprint density at radius 3 is 2.45 bits per heavy atom. The fourth-order valence-corrected chi connectivity index (χ4v) is 4.80. The molecule has 1 amide bonds. The number of anilines is 1. The molecule has 0 aromatic heterocycles. The van der Waals surface area contributed by atoms with Crippen LogP contribution in [0.25, 0.3) is 4.91 Å². The molecule has 2 aliphatic heterocycles. The molecule has 7 nitrogen and oxygen atoms in total. The Labute approximate surface area is 173 Å². The Kier molecular flexibility index (Phi) is 5.03. The summed E-state index contributed by atoms with van der Waals surface area (Å²) in [6.45, 7) is 1.78. The molecule has 0 saturated carbocycles. The van der Waals surface area contributed by atoms with E-state index in [1.165, 1.54) is 18.8 Å². The van der Waals surface area contributed by atoms with Gasteiger partial charge in [0.05, 0.1) is 21.9 Å². The number of hydrogen-bond donors (Lipinski definition) is 3. The Balaban J connectivity index is 1.74. The Morgan fingerprint density at radius 2 is 1.79 bits per heavy atom. The minimum Gasteiger partial charge on any atom is -0.354 e. The number of carbonyl (C=O) groups is 1. The van der Waals surface area contributed by atoms with Gasteiger partial charge in [0.2, 0.25) is 10.0 Å². The maximum absolute atomic E-state index is 12.2. The number of benzene rings is 2. The SMILES string of the molecule is CNS(=O)(=O)c1ccc(SC2=C/C(=C3/C(=O)NN=C3C)Nc3ccccc32)cc1. The summed E-state index contributed by atoms with van der Waals surface area (Å²) in [6.07, 6.45) is 1.92. The number of para-hydroxylation sites is 1. The molecule has 2 heterocycles. The summed E-state index contributed by atoms with van der Waals surface area (Å²) in [4.78, 5) is 14.2. The van der Waals surface area contributed by atoms with Crippen LogP contribution in [0.15, 0.2) is 80.8 Å². The summed E-state index contributed by atoms with van der Waals surface area (Å²) < 4.78 is 26.2. The molecule has 0 fully saturated rings. The highest BCUT2D eigenvalue weighted by molar-refractivity contribution is 8.08. The van der Waals surface area contributed by atoms with Gasteiger partial charge in [-0.1, -0.05) is 30.0 Å². The molecule has 29 heavy (non-hydrogen) atoms. The van der Waals surface area contributed by atoms with E-state index in [9.17, 15) is 13.2 Å². The lowest BCUT2D eigenvalue weighted by atomic mass is 10.0. The second-order valence-corrected chi connectivity index (χ2v) is 9.39. The molecule has 2 aromatic rings. The van der Waals surface area contributed by atoms with Crippen molar-refractivity contribution in [3.63, 3.8) is 0 Å². The number of amides is 1. The molecule has 148 valence electrons. The summed E-state index contributed by atoms with van der Waals surface area (Å²) in [5, 5.41) is 7.31. The third kappa shape index (κ3) is 3.71. The van der Waals surface area contributed by atoms with Crippen LogP contribution >= 0.6 is 11.8 Å². The molecule has 2 aliphatic rings. The second-order valence-electron chi connectivity index (χ2n) is 6.39. The number of hydrazone groups is 1. The van der Waals surface area contributed by atoms with Gasteiger partial charge in [0.1, 0.15) is 0 Å². The molecule has 9 heteroatoms. The number of fused-ring (bicyclic) bond motifs is 1. The molecule has 0 spiro atoms. The molecule has 0 atom stereocenters. The summed E-state index contributed by atoms with van der Waals surface area (Å²) in [5.74, 6) is -0.244. The van der Waals surface area contributed by atoms with E-state index >= 15 is 0 Å². The summed E-state index contributed by atoms with van der Waals surface area (Å²) in [5.41, 5.74) is 6.18. The molecule has 0 unspecified atom stereocenters. The first-order chi connectivity index (χ1) is 13.9. The number of allylic oxidation sites excluding steroid dienone is 1. The van der Waals surface area contributed by atoms with Gasteiger partial charge in [-0.05, 0) is 50.4 Å². The number of nitrogens with zero attached hydrogens (tertiary/aromatic N) is 1. The molecule has 0 aliphatic carbocycles. The topological polar surface area (TPSA) is 99.7 Å². The van der Waals surface area contributed by atoms with E-state index < -0.39 is 10.0 Å². The lowest BCUT2D eigenvalue weighted by Crippen LogP contribution is -2.18. The predicted molar refractivity (Wildman–Crippen MR) is 115 cm³/mol. The first-order valence-electron chi connectivity index (χ1n) is 8.78. The standard InChI is InChI=1S/C20H18N4O3S2/c1-12-19(20(25)24-23-12)17-11-18(15-5-3-4-6-16(15)22-17)28-13-7-9-14(10-8-13)29(26,27)21-2/h3-11,21-22H,1-2H3,(H,24,25)/b19-17-. The number of thioether (sulfide) groups is 1. The minimum absolute atomic E-state index is 0.210. The highest BCUT2D eigenvalue weighted by Gasteiger charge is 2.26. The summed E-state index contributed by atoms with van der Waals surface area (Å²) in [7, 11) is -2.09. The van der Waals surface area contributed by atoms with Gasteiger partial charge in [0, 0.05) is 21.1 Å². The molecule has 4 rings (SSSR count). The predicted octanol–water partition coefficient (Wildman–Crippen LogP) is 2.91. The van der Waals surface area contributed by atoms with Crippen molar-refractivity contribution in [2.24, 2.45) is 5.10 Å². The smallest absolute Gasteiger partial charge is 0.275 e. The molecule has 3 N–H and O–H groups in total. The van der Waals surface area contributed by atoms with Crippen LogP contribution < -0.4 is 15.5 Å². The van der Waals surface area contributed by atoms with Crippen LogP contribution in [0.2, 0.25) is 0 Å². The summed E-state index contributed by atoms with van der Waals surface area (Å²) in [6, 6.07) is 14.5. The second kappa shape index (κ2) is 7.51. The van der Waals surface area contributed by atoms with Crippen molar-refractivity contribution in [1.82, 2.24) is 10.1 Å². The zero-order valence-electron chi connectivity index (χ0n) is 15.7. The van der Waals surface area contributed by atoms with Crippen molar-refractivity contribution in [2.75, 3.05) is 12.4 Å². The van der Waals surface area contributed by atoms with Crippen LogP contribution in [0.5, 0.6) is 0 Å². The third-order valence-electron chi connectivity index (χ3n) is 4.55. The molecule has 0 bridgehead atoms. The first-order valence-corrected chi connectivity index (χ1v) is 11.1. The van der Waals surface area contributed by atoms with Gasteiger partial charge in [0.15, 0.2) is 0 Å². The van der Waals surface area contributed by atoms with Crippen LogP contribution in [-0.4, -0.2) is 27.1 Å². The Morgan fingerprint density at radius 1 is 1.07 bits per heavy atom. The number of rotatable bonds is 4. The Bertz CT molecular complexity index is 1200. The quantitative estimate of drug-likeness (QED) is 0.653. The Hall–Kier alpha value is -2.88. The molecular formula is C20H18N4O3S2. The van der Waals surface area contributed by atoms with Gasteiger partial charge in [0.25, 0.3) is 5.91 Å². The van der Waals surface area contributed by atoms with Crippen LogP contribution in [0.4, 0.5) is 5.69 Å². The van der Waals surface area contributed by atoms with Crippen LogP contribution in [0.1, 0.15) is 12.5 Å². The number of nitrogens with one attached hydrogen (secondary N) is 3. The minimum atomic E-state index is -3.48. The fraction of sp³-hybridized carbons (Fsp3) is 0.100. The first kappa shape index (κ1) is 19.4. The van der Waals surface area contributed by atoms with E-state index in [1.54, 1.807) is 31.2 Å². The van der Waals surface area contributed by atoms with Crippen LogP contribution in [-0.2, 0) is 14.8 Å². The van der Waals surface area contributed by atoms with E-state index in [4.69, 9.17) is 0 Å². The largest absolute Gasteiger partial charge is 0.354 e. The van der Waals surface area contributed by atoms with E-state index in [2.05, 4.69) is 20.6 Å². The van der Waals surface area contributed by atoms with E-state index in [0.29, 0.717) is 17.0 Å². The van der Waals surface area contributed by atoms with Gasteiger partial charge >= 0.3 is 0 Å². The molecule has 0 radical (unpaired) electrons. The van der Waals surface area contributed by atoms with Crippen molar-refractivity contribution in [3.05, 3.63) is 71.4 Å². The average molecular weight is 427 g/mol. The maximum atomic E-state index is 12.2. The van der Waals surface area contributed by atoms with Crippen LogP contribution in [0.3, 0.4) is 0 Å². The average Bonchev–Trinajstić information content (AvgIpc) is 3.06. The van der Waals surface area contributed by atoms with Crippen LogP contribution in [0, 0.1) is 0 Å². The van der Waals surface area contributed by atoms with Gasteiger partial charge < -0.3 is 5.32 Å². The monoisotopic (exact) mass is 426 g/mol. The number of carbonyl (C=O) groups excluding carboxylic acids is 1. The third-order valence-corrected chi connectivity index (χ3v) is 7.05. The van der Waals surface area contributed by atoms with E-state index in [-0.39, 0.29) is 10.8 Å². The number of hydrogen-bond acceptors (Lipinski definition) is 6. The lowest BCUT2D eigenvalue weighted by Gasteiger charge is -2.22. The van der Waals surface area contributed by atoms with Gasteiger partial charge in [-0.25, -0.2) is 18.6 Å². The molecule has 0 saturated heterocycles. The maximum Gasteiger partial charge on any atom is 0.275 e. The lowest BCUT2D eigenvalue weighted by molar-refractivity contribution is -0.116. The normalized spacial score (nSPS) is 18.5. The zero-order chi connectivity index (χ0) is 20.6. The molecular weight excluding hydrogens is 408 g/mol. The zero-order valence-corrected chi connectivity index (χ0v) is 17.3. The van der Waals surface area contributed by atoms with Crippen molar-refractivity contribution in [1.29, 1.82) is 0 Å². The van der Waals surface area contributed by atoms with Crippen molar-refractivity contribution >= 4 is 44.0 Å². The van der Waals surface area contributed by atoms with Crippen molar-refractivity contribution in [3.8, 4) is 0 Å². The number of sulfonamides is 1. The van der Waals surface area contributed by atoms with Gasteiger partial charge in [-0.15, -0.1) is 0 Å². The fourth-order valence-electron chi connectivity index (χ4n) is 3.08. The van der Waals surface area contributed by atoms with E-state index in [0.717, 1.165) is 21.1 Å². The van der Waals surface area contributed by atoms with Crippen molar-refractivity contribution in [2.45, 2.75) is 16.7 Å². The van der Waals surface area contributed by atoms with E-state index in [1.807, 2.05) is 30.3 Å². The van der Waals surface area contributed by atoms with Crippen molar-refractivity contribution < 1.29 is 13.2 Å². The highest BCUT2D eigenvalue weighted by Crippen LogP contribution is 2.42.